The van der Waals surface area contributed by atoms with Gasteiger partial charge in [-0.25, -0.2) is 5.01 Å². The number of Topliss-reactive ketones (excluding diaryl/α,β-unsaturated/α-hetero) is 1. The summed E-state index contributed by atoms with van der Waals surface area (Å²) in [5.41, 5.74) is 0.570. The second-order valence-electron chi connectivity index (χ2n) is 10.7. The first kappa shape index (κ1) is 32.4. The molecule has 15 heteroatoms. The molecule has 1 aliphatic heterocycles. The molecule has 1 saturated carbocycles. The van der Waals surface area contributed by atoms with Crippen molar-refractivity contribution < 1.29 is 36.7 Å². The second kappa shape index (κ2) is 12.8. The third-order valence-electron chi connectivity index (χ3n) is 7.67. The molecule has 0 radical (unpaired) electrons. The molecule has 234 valence electrons. The molecule has 1 heterocycles. The van der Waals surface area contributed by atoms with E-state index in [1.165, 1.54) is 48.5 Å². The highest BCUT2D eigenvalue weighted by atomic mass is 79.9. The van der Waals surface area contributed by atoms with Crippen LogP contribution in [0.5, 0.6) is 5.75 Å². The Balaban J connectivity index is 1.41. The maximum absolute atomic E-state index is 13.7. The fourth-order valence-corrected chi connectivity index (χ4v) is 7.39. The molecule has 1 saturated heterocycles. The van der Waals surface area contributed by atoms with E-state index in [4.69, 9.17) is 4.18 Å². The van der Waals surface area contributed by atoms with Crippen LogP contribution < -0.4 is 4.18 Å². The first-order chi connectivity index (χ1) is 21.3. The topological polar surface area (TPSA) is 161 Å². The molecule has 1 aliphatic carbocycles. The summed E-state index contributed by atoms with van der Waals surface area (Å²) in [6.45, 7) is 1.09. The van der Waals surface area contributed by atoms with E-state index in [0.717, 1.165) is 22.7 Å². The molecule has 0 aromatic heterocycles. The summed E-state index contributed by atoms with van der Waals surface area (Å²) < 4.78 is 30.5. The number of nitro groups is 1. The van der Waals surface area contributed by atoms with Gasteiger partial charge in [0.1, 0.15) is 17.2 Å². The second-order valence-corrected chi connectivity index (χ2v) is 14.6. The van der Waals surface area contributed by atoms with Gasteiger partial charge in [0.2, 0.25) is 0 Å². The predicted molar refractivity (Wildman–Crippen MR) is 167 cm³/mol. The quantitative estimate of drug-likeness (QED) is 0.0743. The van der Waals surface area contributed by atoms with Crippen LogP contribution in [0.4, 0.5) is 5.69 Å². The average molecular weight is 763 g/mol. The largest absolute Gasteiger partial charge is 0.379 e. The monoisotopic (exact) mass is 761 g/mol. The zero-order valence-electron chi connectivity index (χ0n) is 23.5. The number of non-ortho nitro benzene ring substituents is 1. The van der Waals surface area contributed by atoms with Crippen molar-refractivity contribution in [2.45, 2.75) is 34.3 Å². The van der Waals surface area contributed by atoms with Crippen molar-refractivity contribution in [2.75, 3.05) is 6.54 Å². The third kappa shape index (κ3) is 6.70. The van der Waals surface area contributed by atoms with Gasteiger partial charge in [0.25, 0.3) is 23.4 Å². The van der Waals surface area contributed by atoms with Crippen LogP contribution in [-0.2, 0) is 19.7 Å². The fraction of sp³-hybridized carbons (Fsp3) is 0.267. The van der Waals surface area contributed by atoms with Crippen molar-refractivity contribution in [3.63, 3.8) is 0 Å². The predicted octanol–water partition coefficient (Wildman–Crippen LogP) is 4.83. The number of hydrogen-bond acceptors (Lipinski definition) is 9. The SMILES string of the molecule is Cc1ccc(S(=O)(=O)Oc2ccc(C(=O)CN(C(=O)c3ccc([N+](=O)[O-])cc3)N3C(=O)[C@H]4C[C@@H](Br)[C@@H](Br)C[C@H]4C3=O)cc2)cc1. The summed E-state index contributed by atoms with van der Waals surface area (Å²) in [5, 5.41) is 12.6. The van der Waals surface area contributed by atoms with Crippen molar-refractivity contribution in [1.82, 2.24) is 10.0 Å². The van der Waals surface area contributed by atoms with Gasteiger partial charge in [0.15, 0.2) is 5.78 Å². The van der Waals surface area contributed by atoms with E-state index in [2.05, 4.69) is 31.9 Å². The molecule has 45 heavy (non-hydrogen) atoms. The molecule has 0 spiro atoms. The summed E-state index contributed by atoms with van der Waals surface area (Å²) in [6.07, 6.45) is 0.671. The van der Waals surface area contributed by atoms with Crippen LogP contribution >= 0.6 is 31.9 Å². The minimum atomic E-state index is -4.14. The summed E-state index contributed by atoms with van der Waals surface area (Å²) >= 11 is 7.05. The number of fused-ring (bicyclic) bond motifs is 1. The van der Waals surface area contributed by atoms with E-state index in [-0.39, 0.29) is 37.1 Å². The van der Waals surface area contributed by atoms with Gasteiger partial charge >= 0.3 is 10.1 Å². The van der Waals surface area contributed by atoms with Crippen molar-refractivity contribution >= 4 is 71.2 Å². The summed E-state index contributed by atoms with van der Waals surface area (Å²) in [7, 11) is -4.14. The first-order valence-corrected chi connectivity index (χ1v) is 16.9. The van der Waals surface area contributed by atoms with Gasteiger partial charge in [0, 0.05) is 32.9 Å². The van der Waals surface area contributed by atoms with Crippen LogP contribution in [0.25, 0.3) is 0 Å². The number of rotatable bonds is 9. The Kier molecular flexibility index (Phi) is 9.23. The Morgan fingerprint density at radius 2 is 1.40 bits per heavy atom. The van der Waals surface area contributed by atoms with Crippen molar-refractivity contribution in [2.24, 2.45) is 11.8 Å². The average Bonchev–Trinajstić information content (AvgIpc) is 3.24. The highest BCUT2D eigenvalue weighted by molar-refractivity contribution is 9.12. The van der Waals surface area contributed by atoms with E-state index in [1.54, 1.807) is 12.1 Å². The molecule has 3 aromatic carbocycles. The van der Waals surface area contributed by atoms with Crippen LogP contribution in [0.15, 0.2) is 77.7 Å². The molecule has 3 aromatic rings. The molecule has 5 rings (SSSR count). The number of ketones is 1. The smallest absolute Gasteiger partial charge is 0.339 e. The van der Waals surface area contributed by atoms with Gasteiger partial charge in [0.05, 0.1) is 16.8 Å². The number of amides is 3. The molecular formula is C30H25Br2N3O9S. The van der Waals surface area contributed by atoms with Gasteiger partial charge in [-0.2, -0.15) is 13.4 Å². The van der Waals surface area contributed by atoms with Crippen LogP contribution in [0.3, 0.4) is 0 Å². The standard InChI is InChI=1S/C30H25Br2N3O9S/c1-17-2-12-22(13-3-17)45(42,43)44-21-10-6-18(7-11-21)27(36)16-33(28(37)19-4-8-20(9-5-19)35(40)41)34-29(38)23-14-25(31)26(32)15-24(23)30(34)39/h2-13,23-26H,14-16H2,1H3/t23-,24+,25+,26-. The Hall–Kier alpha value is -3.95. The van der Waals surface area contributed by atoms with Crippen molar-refractivity contribution in [3.8, 4) is 5.75 Å². The number of carbonyl (C=O) groups is 4. The Bertz CT molecular complexity index is 1750. The molecular weight excluding hydrogens is 738 g/mol. The van der Waals surface area contributed by atoms with Crippen molar-refractivity contribution in [1.29, 1.82) is 0 Å². The zero-order valence-corrected chi connectivity index (χ0v) is 27.5. The van der Waals surface area contributed by atoms with E-state index in [1.807, 2.05) is 6.92 Å². The maximum atomic E-state index is 13.7. The van der Waals surface area contributed by atoms with Gasteiger partial charge in [-0.05, 0) is 68.3 Å². The Labute approximate surface area is 274 Å². The first-order valence-electron chi connectivity index (χ1n) is 13.6. The highest BCUT2D eigenvalue weighted by Crippen LogP contribution is 2.43. The number of benzene rings is 3. The van der Waals surface area contributed by atoms with Gasteiger partial charge < -0.3 is 4.18 Å². The molecule has 12 nitrogen and oxygen atoms in total. The van der Waals surface area contributed by atoms with Gasteiger partial charge in [-0.1, -0.05) is 49.6 Å². The maximum Gasteiger partial charge on any atom is 0.339 e. The zero-order chi connectivity index (χ0) is 32.6. The number of hydrazine groups is 1. The number of nitrogens with zero attached hydrogens (tertiary/aromatic N) is 3. The minimum Gasteiger partial charge on any atom is -0.379 e. The normalized spacial score (nSPS) is 21.3. The lowest BCUT2D eigenvalue weighted by Crippen LogP contribution is -2.52. The van der Waals surface area contributed by atoms with E-state index < -0.39 is 56.9 Å². The van der Waals surface area contributed by atoms with Crippen LogP contribution in [0.2, 0.25) is 0 Å². The fourth-order valence-electron chi connectivity index (χ4n) is 5.23. The number of carbonyl (C=O) groups excluding carboxylic acids is 4. The van der Waals surface area contributed by atoms with Crippen molar-refractivity contribution in [3.05, 3.63) is 99.6 Å². The summed E-state index contributed by atoms with van der Waals surface area (Å²) in [5.74, 6) is -4.26. The van der Waals surface area contributed by atoms with Gasteiger partial charge in [-0.15, -0.1) is 0 Å². The summed E-state index contributed by atoms with van der Waals surface area (Å²) in [4.78, 5) is 64.5. The Morgan fingerprint density at radius 1 is 0.889 bits per heavy atom. The minimum absolute atomic E-state index is 0.0494. The highest BCUT2D eigenvalue weighted by Gasteiger charge is 2.54. The number of aryl methyl sites for hydroxylation is 1. The molecule has 0 unspecified atom stereocenters. The third-order valence-corrected chi connectivity index (χ3v) is 11.7. The van der Waals surface area contributed by atoms with Crippen LogP contribution in [-0.4, -0.2) is 63.1 Å². The number of imide groups is 1. The van der Waals surface area contributed by atoms with E-state index >= 15 is 0 Å². The Morgan fingerprint density at radius 3 is 1.91 bits per heavy atom. The van der Waals surface area contributed by atoms with Gasteiger partial charge in [-0.3, -0.25) is 29.3 Å². The summed E-state index contributed by atoms with van der Waals surface area (Å²) in [6, 6.07) is 15.8. The lowest BCUT2D eigenvalue weighted by atomic mass is 9.81. The molecule has 0 N–H and O–H groups in total. The number of hydrogen-bond donors (Lipinski definition) is 0. The molecule has 3 amide bonds. The molecule has 2 fully saturated rings. The molecule has 2 aliphatic rings. The number of nitro benzene ring substituents is 1. The van der Waals surface area contributed by atoms with E-state index in [9.17, 15) is 37.7 Å². The number of halogens is 2. The number of alkyl halides is 2. The lowest BCUT2D eigenvalue weighted by molar-refractivity contribution is -0.384. The van der Waals surface area contributed by atoms with E-state index in [0.29, 0.717) is 17.9 Å². The molecule has 0 bridgehead atoms. The lowest BCUT2D eigenvalue weighted by Gasteiger charge is -2.30. The molecule has 4 atom stereocenters. The van der Waals surface area contributed by atoms with Crippen LogP contribution in [0.1, 0.15) is 39.1 Å². The van der Waals surface area contributed by atoms with Crippen LogP contribution in [0, 0.1) is 28.9 Å².